The van der Waals surface area contributed by atoms with E-state index in [4.69, 9.17) is 14.2 Å². The van der Waals surface area contributed by atoms with Gasteiger partial charge in [0.1, 0.15) is 5.75 Å². The highest BCUT2D eigenvalue weighted by atomic mass is 16.5. The average molecular weight is 310 g/mol. The van der Waals surface area contributed by atoms with Crippen LogP contribution in [0, 0.1) is 0 Å². The highest BCUT2D eigenvalue weighted by molar-refractivity contribution is 6.15. The maximum absolute atomic E-state index is 12.6. The topological polar surface area (TPSA) is 44.8 Å². The fourth-order valence-corrected chi connectivity index (χ4v) is 2.76. The zero-order chi connectivity index (χ0) is 16.4. The molecule has 0 aliphatic heterocycles. The predicted molar refractivity (Wildman–Crippen MR) is 88.6 cm³/mol. The molecule has 0 amide bonds. The Morgan fingerprint density at radius 1 is 0.913 bits per heavy atom. The number of benzene rings is 2. The Hall–Kier alpha value is -2.75. The van der Waals surface area contributed by atoms with Gasteiger partial charge in [0.2, 0.25) is 0 Å². The lowest BCUT2D eigenvalue weighted by Crippen LogP contribution is -1.97. The first-order chi connectivity index (χ1) is 11.2. The van der Waals surface area contributed by atoms with Crippen molar-refractivity contribution in [2.24, 2.45) is 0 Å². The summed E-state index contributed by atoms with van der Waals surface area (Å²) in [5.41, 5.74) is 3.39. The van der Waals surface area contributed by atoms with Crippen LogP contribution in [0.25, 0.3) is 6.08 Å². The molecule has 2 aromatic carbocycles. The Labute approximate surface area is 135 Å². The zero-order valence-electron chi connectivity index (χ0n) is 13.4. The normalized spacial score (nSPS) is 14.7. The molecule has 1 aliphatic carbocycles. The summed E-state index contributed by atoms with van der Waals surface area (Å²) in [5.74, 6) is 2.05. The van der Waals surface area contributed by atoms with E-state index in [9.17, 15) is 4.79 Å². The molecule has 4 heteroatoms. The summed E-state index contributed by atoms with van der Waals surface area (Å²) < 4.78 is 15.7. The summed E-state index contributed by atoms with van der Waals surface area (Å²) in [6, 6.07) is 11.3. The van der Waals surface area contributed by atoms with Crippen LogP contribution in [0.1, 0.15) is 21.5 Å². The molecule has 1 aliphatic rings. The minimum absolute atomic E-state index is 0.0387. The Bertz CT molecular complexity index is 773. The molecule has 2 aromatic rings. The second kappa shape index (κ2) is 6.16. The molecule has 118 valence electrons. The van der Waals surface area contributed by atoms with Crippen LogP contribution in [-0.2, 0) is 6.42 Å². The van der Waals surface area contributed by atoms with Crippen molar-refractivity contribution in [3.8, 4) is 17.2 Å². The molecule has 0 saturated carbocycles. The molecule has 0 unspecified atom stereocenters. The molecule has 0 fully saturated rings. The van der Waals surface area contributed by atoms with E-state index in [-0.39, 0.29) is 5.78 Å². The summed E-state index contributed by atoms with van der Waals surface area (Å²) in [6.07, 6.45) is 2.52. The van der Waals surface area contributed by atoms with Crippen LogP contribution in [0.3, 0.4) is 0 Å². The van der Waals surface area contributed by atoms with Crippen molar-refractivity contribution < 1.29 is 19.0 Å². The average Bonchev–Trinajstić information content (AvgIpc) is 2.89. The molecule has 3 rings (SSSR count). The Morgan fingerprint density at radius 3 is 2.17 bits per heavy atom. The smallest absolute Gasteiger partial charge is 0.189 e. The Morgan fingerprint density at radius 2 is 1.57 bits per heavy atom. The first-order valence-electron chi connectivity index (χ1n) is 7.30. The van der Waals surface area contributed by atoms with Crippen LogP contribution < -0.4 is 14.2 Å². The van der Waals surface area contributed by atoms with Gasteiger partial charge in [0.15, 0.2) is 17.3 Å². The summed E-state index contributed by atoms with van der Waals surface area (Å²) in [4.78, 5) is 12.6. The SMILES string of the molecule is COc1ccc(C=C2Cc3cc(OC)c(OC)cc3C2=O)cc1. The van der Waals surface area contributed by atoms with E-state index in [0.29, 0.717) is 23.5 Å². The lowest BCUT2D eigenvalue weighted by molar-refractivity contribution is 0.104. The van der Waals surface area contributed by atoms with Crippen molar-refractivity contribution in [3.05, 3.63) is 58.7 Å². The predicted octanol–water partition coefficient (Wildman–Crippen LogP) is 3.53. The van der Waals surface area contributed by atoms with Gasteiger partial charge in [-0.3, -0.25) is 4.79 Å². The van der Waals surface area contributed by atoms with Crippen LogP contribution in [0.5, 0.6) is 17.2 Å². The van der Waals surface area contributed by atoms with E-state index in [0.717, 1.165) is 22.4 Å². The molecule has 0 N–H and O–H groups in total. The van der Waals surface area contributed by atoms with Gasteiger partial charge in [-0.05, 0) is 41.5 Å². The van der Waals surface area contributed by atoms with Crippen molar-refractivity contribution in [2.45, 2.75) is 6.42 Å². The van der Waals surface area contributed by atoms with E-state index in [2.05, 4.69) is 0 Å². The Kier molecular flexibility index (Phi) is 4.06. The van der Waals surface area contributed by atoms with Crippen molar-refractivity contribution >= 4 is 11.9 Å². The van der Waals surface area contributed by atoms with Crippen molar-refractivity contribution in [1.29, 1.82) is 0 Å². The third-order valence-corrected chi connectivity index (χ3v) is 3.98. The molecule has 4 nitrogen and oxygen atoms in total. The number of carbonyl (C=O) groups excluding carboxylic acids is 1. The van der Waals surface area contributed by atoms with Gasteiger partial charge in [0.05, 0.1) is 21.3 Å². The zero-order valence-corrected chi connectivity index (χ0v) is 13.4. The molecule has 0 aromatic heterocycles. The molecule has 0 atom stereocenters. The van der Waals surface area contributed by atoms with E-state index >= 15 is 0 Å². The second-order valence-electron chi connectivity index (χ2n) is 5.31. The van der Waals surface area contributed by atoms with Gasteiger partial charge in [-0.25, -0.2) is 0 Å². The van der Waals surface area contributed by atoms with E-state index < -0.39 is 0 Å². The lowest BCUT2D eigenvalue weighted by Gasteiger charge is -2.08. The van der Waals surface area contributed by atoms with Crippen LogP contribution in [0.2, 0.25) is 0 Å². The fourth-order valence-electron chi connectivity index (χ4n) is 2.76. The number of ketones is 1. The van der Waals surface area contributed by atoms with Gasteiger partial charge in [0.25, 0.3) is 0 Å². The molecule has 23 heavy (non-hydrogen) atoms. The fraction of sp³-hybridized carbons (Fsp3) is 0.211. The third-order valence-electron chi connectivity index (χ3n) is 3.98. The van der Waals surface area contributed by atoms with Crippen molar-refractivity contribution in [3.63, 3.8) is 0 Å². The summed E-state index contributed by atoms with van der Waals surface area (Å²) in [5, 5.41) is 0. The number of Topliss-reactive ketones (excluding diaryl/α,β-unsaturated/α-hetero) is 1. The van der Waals surface area contributed by atoms with Crippen molar-refractivity contribution in [1.82, 2.24) is 0 Å². The summed E-state index contributed by atoms with van der Waals surface area (Å²) in [6.45, 7) is 0. The quantitative estimate of drug-likeness (QED) is 0.810. The van der Waals surface area contributed by atoms with E-state index in [1.165, 1.54) is 0 Å². The standard InChI is InChI=1S/C19H18O4/c1-21-15-6-4-12(5-7-15)8-14-9-13-10-17(22-2)18(23-3)11-16(13)19(14)20/h4-8,10-11H,9H2,1-3H3. The maximum atomic E-state index is 12.6. The number of rotatable bonds is 4. The first-order valence-corrected chi connectivity index (χ1v) is 7.30. The highest BCUT2D eigenvalue weighted by Gasteiger charge is 2.27. The van der Waals surface area contributed by atoms with E-state index in [1.54, 1.807) is 27.4 Å². The number of ether oxygens (including phenoxy) is 3. The number of fused-ring (bicyclic) bond motifs is 1. The first kappa shape index (κ1) is 15.2. The van der Waals surface area contributed by atoms with Gasteiger partial charge >= 0.3 is 0 Å². The molecule has 0 bridgehead atoms. The molecule has 0 heterocycles. The number of methoxy groups -OCH3 is 3. The summed E-state index contributed by atoms with van der Waals surface area (Å²) >= 11 is 0. The molecular formula is C19H18O4. The third kappa shape index (κ3) is 2.80. The van der Waals surface area contributed by atoms with Gasteiger partial charge in [-0.15, -0.1) is 0 Å². The number of allylic oxidation sites excluding steroid dienone is 1. The monoisotopic (exact) mass is 310 g/mol. The Balaban J connectivity index is 1.94. The van der Waals surface area contributed by atoms with Gasteiger partial charge in [0, 0.05) is 17.6 Å². The second-order valence-corrected chi connectivity index (χ2v) is 5.31. The van der Waals surface area contributed by atoms with Gasteiger partial charge in [-0.2, -0.15) is 0 Å². The molecular weight excluding hydrogens is 292 g/mol. The lowest BCUT2D eigenvalue weighted by atomic mass is 10.1. The van der Waals surface area contributed by atoms with Crippen LogP contribution in [0.15, 0.2) is 42.0 Å². The largest absolute Gasteiger partial charge is 0.497 e. The van der Waals surface area contributed by atoms with Crippen LogP contribution >= 0.6 is 0 Å². The highest BCUT2D eigenvalue weighted by Crippen LogP contribution is 2.37. The maximum Gasteiger partial charge on any atom is 0.189 e. The molecule has 0 saturated heterocycles. The minimum Gasteiger partial charge on any atom is -0.497 e. The van der Waals surface area contributed by atoms with E-state index in [1.807, 2.05) is 36.4 Å². The minimum atomic E-state index is 0.0387. The van der Waals surface area contributed by atoms with Crippen molar-refractivity contribution in [2.75, 3.05) is 21.3 Å². The summed E-state index contributed by atoms with van der Waals surface area (Å²) in [7, 11) is 4.79. The van der Waals surface area contributed by atoms with Gasteiger partial charge in [-0.1, -0.05) is 12.1 Å². The number of carbonyl (C=O) groups is 1. The molecule has 0 radical (unpaired) electrons. The number of hydrogen-bond acceptors (Lipinski definition) is 4. The number of hydrogen-bond donors (Lipinski definition) is 0. The van der Waals surface area contributed by atoms with Gasteiger partial charge < -0.3 is 14.2 Å². The van der Waals surface area contributed by atoms with Crippen LogP contribution in [-0.4, -0.2) is 27.1 Å². The van der Waals surface area contributed by atoms with Crippen LogP contribution in [0.4, 0.5) is 0 Å². The molecule has 0 spiro atoms.